The van der Waals surface area contributed by atoms with Crippen molar-refractivity contribution in [3.63, 3.8) is 0 Å². The lowest BCUT2D eigenvalue weighted by molar-refractivity contribution is -0.386. The fourth-order valence-electron chi connectivity index (χ4n) is 2.17. The number of benzene rings is 1. The molecule has 1 heterocycles. The molecule has 1 aliphatic rings. The summed E-state index contributed by atoms with van der Waals surface area (Å²) >= 11 is 0. The molecular weight excluding hydrogens is 266 g/mol. The molecule has 108 valence electrons. The Morgan fingerprint density at radius 3 is 2.60 bits per heavy atom. The van der Waals surface area contributed by atoms with Gasteiger partial charge in [0.1, 0.15) is 6.10 Å². The van der Waals surface area contributed by atoms with Gasteiger partial charge in [0.15, 0.2) is 11.9 Å². The van der Waals surface area contributed by atoms with Crippen LogP contribution in [0.2, 0.25) is 0 Å². The maximum Gasteiger partial charge on any atom is 0.338 e. The Morgan fingerprint density at radius 2 is 2.00 bits per heavy atom. The summed E-state index contributed by atoms with van der Waals surface area (Å²) in [7, 11) is 1.23. The average molecular weight is 281 g/mol. The van der Waals surface area contributed by atoms with Gasteiger partial charge in [-0.05, 0) is 19.9 Å². The smallest absolute Gasteiger partial charge is 0.338 e. The van der Waals surface area contributed by atoms with E-state index in [2.05, 4.69) is 4.74 Å². The van der Waals surface area contributed by atoms with Crippen molar-refractivity contribution in [2.75, 3.05) is 7.11 Å². The lowest BCUT2D eigenvalue weighted by atomic mass is 10.0. The highest BCUT2D eigenvalue weighted by Gasteiger charge is 2.48. The normalized spacial score (nSPS) is 24.4. The molecule has 7 heteroatoms. The molecule has 1 aromatic rings. The van der Waals surface area contributed by atoms with E-state index in [9.17, 15) is 14.9 Å². The molecule has 1 saturated heterocycles. The second kappa shape index (κ2) is 5.18. The highest BCUT2D eigenvalue weighted by atomic mass is 16.8. The number of carbonyl (C=O) groups is 1. The summed E-state index contributed by atoms with van der Waals surface area (Å²) < 4.78 is 15.8. The van der Waals surface area contributed by atoms with Crippen molar-refractivity contribution in [1.82, 2.24) is 0 Å². The number of methoxy groups -OCH3 is 1. The van der Waals surface area contributed by atoms with Crippen molar-refractivity contribution in [1.29, 1.82) is 0 Å². The van der Waals surface area contributed by atoms with Crippen LogP contribution in [0.15, 0.2) is 24.3 Å². The van der Waals surface area contributed by atoms with Gasteiger partial charge < -0.3 is 14.2 Å². The molecule has 0 radical (unpaired) electrons. The molecule has 1 aromatic carbocycles. The van der Waals surface area contributed by atoms with Crippen LogP contribution in [-0.2, 0) is 19.0 Å². The first-order valence-corrected chi connectivity index (χ1v) is 6.02. The number of para-hydroxylation sites is 1. The van der Waals surface area contributed by atoms with E-state index >= 15 is 0 Å². The van der Waals surface area contributed by atoms with E-state index in [1.807, 2.05) is 0 Å². The highest BCUT2D eigenvalue weighted by molar-refractivity contribution is 5.76. The van der Waals surface area contributed by atoms with Crippen LogP contribution in [-0.4, -0.2) is 29.9 Å². The van der Waals surface area contributed by atoms with Crippen LogP contribution in [0.25, 0.3) is 0 Å². The SMILES string of the molecule is COC(=O)C1OC(C)(C)OC1c1ccccc1[N+](=O)[O-]. The molecule has 0 N–H and O–H groups in total. The van der Waals surface area contributed by atoms with E-state index in [0.717, 1.165) is 0 Å². The molecule has 1 fully saturated rings. The van der Waals surface area contributed by atoms with Crippen LogP contribution in [0, 0.1) is 10.1 Å². The molecule has 0 aliphatic carbocycles. The molecule has 1 aliphatic heterocycles. The van der Waals surface area contributed by atoms with Crippen LogP contribution in [0.1, 0.15) is 25.5 Å². The minimum absolute atomic E-state index is 0.118. The lowest BCUT2D eigenvalue weighted by Crippen LogP contribution is -2.29. The van der Waals surface area contributed by atoms with Gasteiger partial charge >= 0.3 is 5.97 Å². The van der Waals surface area contributed by atoms with E-state index in [4.69, 9.17) is 9.47 Å². The van der Waals surface area contributed by atoms with Gasteiger partial charge in [-0.25, -0.2) is 4.79 Å². The minimum Gasteiger partial charge on any atom is -0.467 e. The van der Waals surface area contributed by atoms with Gasteiger partial charge in [-0.2, -0.15) is 0 Å². The number of nitrogens with zero attached hydrogens (tertiary/aromatic N) is 1. The maximum absolute atomic E-state index is 11.8. The number of esters is 1. The summed E-state index contributed by atoms with van der Waals surface area (Å²) in [5.74, 6) is -1.65. The Labute approximate surface area is 115 Å². The number of rotatable bonds is 3. The van der Waals surface area contributed by atoms with Crippen molar-refractivity contribution >= 4 is 11.7 Å². The molecule has 2 atom stereocenters. The monoisotopic (exact) mass is 281 g/mol. The topological polar surface area (TPSA) is 87.9 Å². The molecule has 0 amide bonds. The van der Waals surface area contributed by atoms with Crippen LogP contribution < -0.4 is 0 Å². The fourth-order valence-corrected chi connectivity index (χ4v) is 2.17. The maximum atomic E-state index is 11.8. The summed E-state index contributed by atoms with van der Waals surface area (Å²) in [6.07, 6.45) is -1.91. The van der Waals surface area contributed by atoms with Gasteiger partial charge in [0.25, 0.3) is 5.69 Å². The number of carbonyl (C=O) groups excluding carboxylic acids is 1. The van der Waals surface area contributed by atoms with Crippen LogP contribution >= 0.6 is 0 Å². The zero-order valence-corrected chi connectivity index (χ0v) is 11.4. The number of ether oxygens (including phenoxy) is 3. The standard InChI is InChI=1S/C13H15NO6/c1-13(2)19-10(11(20-13)12(15)18-3)8-6-4-5-7-9(8)14(16)17/h4-7,10-11H,1-3H3. The average Bonchev–Trinajstić information content (AvgIpc) is 2.73. The molecule has 7 nitrogen and oxygen atoms in total. The van der Waals surface area contributed by atoms with E-state index in [1.165, 1.54) is 13.2 Å². The summed E-state index contributed by atoms with van der Waals surface area (Å²) in [5.41, 5.74) is 0.172. The van der Waals surface area contributed by atoms with Gasteiger partial charge in [0.2, 0.25) is 0 Å². The molecule has 0 bridgehead atoms. The Hall–Kier alpha value is -1.99. The van der Waals surface area contributed by atoms with Crippen molar-refractivity contribution in [2.45, 2.75) is 31.8 Å². The van der Waals surface area contributed by atoms with Gasteiger partial charge in [-0.3, -0.25) is 10.1 Å². The fraction of sp³-hybridized carbons (Fsp3) is 0.462. The molecular formula is C13H15NO6. The van der Waals surface area contributed by atoms with E-state index in [-0.39, 0.29) is 5.69 Å². The third-order valence-corrected chi connectivity index (χ3v) is 2.97. The van der Waals surface area contributed by atoms with Gasteiger partial charge in [0, 0.05) is 6.07 Å². The van der Waals surface area contributed by atoms with Crippen molar-refractivity contribution in [3.8, 4) is 0 Å². The predicted octanol–water partition coefficient (Wildman–Crippen LogP) is 1.96. The second-order valence-corrected chi connectivity index (χ2v) is 4.82. The predicted molar refractivity (Wildman–Crippen MR) is 67.9 cm³/mol. The van der Waals surface area contributed by atoms with E-state index in [0.29, 0.717) is 5.56 Å². The Morgan fingerprint density at radius 1 is 1.35 bits per heavy atom. The largest absolute Gasteiger partial charge is 0.467 e. The Bertz CT molecular complexity index is 541. The zero-order valence-electron chi connectivity index (χ0n) is 11.4. The summed E-state index contributed by atoms with van der Waals surface area (Å²) in [6, 6.07) is 6.10. The van der Waals surface area contributed by atoms with Crippen LogP contribution in [0.5, 0.6) is 0 Å². The van der Waals surface area contributed by atoms with Crippen LogP contribution in [0.3, 0.4) is 0 Å². The van der Waals surface area contributed by atoms with Gasteiger partial charge in [-0.15, -0.1) is 0 Å². The lowest BCUT2D eigenvalue weighted by Gasteiger charge is -2.16. The second-order valence-electron chi connectivity index (χ2n) is 4.82. The molecule has 0 spiro atoms. The third kappa shape index (κ3) is 2.63. The molecule has 0 aromatic heterocycles. The minimum atomic E-state index is -1.03. The molecule has 0 saturated carbocycles. The molecule has 20 heavy (non-hydrogen) atoms. The van der Waals surface area contributed by atoms with E-state index in [1.54, 1.807) is 32.0 Å². The quantitative estimate of drug-likeness (QED) is 0.478. The first-order chi connectivity index (χ1) is 9.35. The highest BCUT2D eigenvalue weighted by Crippen LogP contribution is 2.41. The van der Waals surface area contributed by atoms with Crippen LogP contribution in [0.4, 0.5) is 5.69 Å². The number of nitro groups is 1. The Kier molecular flexibility index (Phi) is 3.74. The van der Waals surface area contributed by atoms with E-state index < -0.39 is 28.9 Å². The number of hydrogen-bond donors (Lipinski definition) is 0. The third-order valence-electron chi connectivity index (χ3n) is 2.97. The first kappa shape index (κ1) is 14.4. The summed E-state index contributed by atoms with van der Waals surface area (Å²) in [6.45, 7) is 3.27. The Balaban J connectivity index is 2.44. The van der Waals surface area contributed by atoms with Crippen molar-refractivity contribution in [2.24, 2.45) is 0 Å². The molecule has 2 unspecified atom stereocenters. The molecule has 2 rings (SSSR count). The number of hydrogen-bond acceptors (Lipinski definition) is 6. The number of nitro benzene ring substituents is 1. The van der Waals surface area contributed by atoms with Gasteiger partial charge in [0.05, 0.1) is 17.6 Å². The first-order valence-electron chi connectivity index (χ1n) is 6.02. The van der Waals surface area contributed by atoms with Crippen molar-refractivity contribution in [3.05, 3.63) is 39.9 Å². The summed E-state index contributed by atoms with van der Waals surface area (Å²) in [5, 5.41) is 11.1. The summed E-state index contributed by atoms with van der Waals surface area (Å²) in [4.78, 5) is 22.3. The van der Waals surface area contributed by atoms with Crippen molar-refractivity contribution < 1.29 is 23.9 Å². The van der Waals surface area contributed by atoms with Gasteiger partial charge in [-0.1, -0.05) is 12.1 Å². The zero-order chi connectivity index (χ0) is 14.9.